The Morgan fingerprint density at radius 1 is 1.80 bits per heavy atom. The summed E-state index contributed by atoms with van der Waals surface area (Å²) in [7, 11) is 0. The molecule has 0 aliphatic carbocycles. The Hall–Kier alpha value is -0.410. The highest BCUT2D eigenvalue weighted by Crippen LogP contribution is 2.11. The van der Waals surface area contributed by atoms with Gasteiger partial charge < -0.3 is 10.5 Å². The topological polar surface area (TPSA) is 60.8 Å². The maximum absolute atomic E-state index is 5.74. The summed E-state index contributed by atoms with van der Waals surface area (Å²) in [5.41, 5.74) is 6.46. The quantitative estimate of drug-likeness (QED) is 0.473. The zero-order valence-electron chi connectivity index (χ0n) is 6.34. The molecule has 0 aromatic heterocycles. The Labute approximate surface area is 61.1 Å². The van der Waals surface area contributed by atoms with Crippen molar-refractivity contribution < 1.29 is 10.1 Å². The second-order valence-electron chi connectivity index (χ2n) is 2.86. The number of ether oxygens (including phenoxy) is 1. The zero-order chi connectivity index (χ0) is 7.56. The van der Waals surface area contributed by atoms with Gasteiger partial charge in [0.15, 0.2) is 5.71 Å². The third kappa shape index (κ3) is 1.55. The second-order valence-corrected chi connectivity index (χ2v) is 2.86. The minimum atomic E-state index is 0.280. The standard InChI is InChI=1S/C7H14N2O/c1-5-2-7(9)6(3-8)4-10-5/h5-6,9H,2-4,8H2,1H3/p+1. The molecule has 0 aromatic carbocycles. The van der Waals surface area contributed by atoms with E-state index in [1.165, 1.54) is 0 Å². The first-order valence-corrected chi connectivity index (χ1v) is 3.67. The van der Waals surface area contributed by atoms with Crippen LogP contribution in [0, 0.1) is 5.92 Å². The molecule has 3 heteroatoms. The number of hydrogen-bond acceptors (Lipinski definition) is 2. The van der Waals surface area contributed by atoms with Crippen LogP contribution in [-0.2, 0) is 4.74 Å². The van der Waals surface area contributed by atoms with Crippen LogP contribution in [0.25, 0.3) is 0 Å². The Kier molecular flexibility index (Phi) is 2.40. The molecule has 1 heterocycles. The van der Waals surface area contributed by atoms with Gasteiger partial charge in [-0.3, -0.25) is 5.41 Å². The van der Waals surface area contributed by atoms with E-state index in [1.807, 2.05) is 6.92 Å². The molecule has 0 radical (unpaired) electrons. The molecule has 2 atom stereocenters. The fourth-order valence-electron chi connectivity index (χ4n) is 1.16. The molecule has 1 fully saturated rings. The first-order chi connectivity index (χ1) is 4.74. The molecule has 0 bridgehead atoms. The van der Waals surface area contributed by atoms with Crippen molar-refractivity contribution in [3.8, 4) is 0 Å². The molecule has 2 unspecified atom stereocenters. The van der Waals surface area contributed by atoms with E-state index in [1.54, 1.807) is 0 Å². The summed E-state index contributed by atoms with van der Waals surface area (Å²) in [4.78, 5) is 0. The normalized spacial score (nSPS) is 34.4. The van der Waals surface area contributed by atoms with Gasteiger partial charge in [-0.15, -0.1) is 0 Å². The lowest BCUT2D eigenvalue weighted by molar-refractivity contribution is -0.134. The Morgan fingerprint density at radius 3 is 3.00 bits per heavy atom. The summed E-state index contributed by atoms with van der Waals surface area (Å²) in [6, 6.07) is 0. The van der Waals surface area contributed by atoms with Crippen molar-refractivity contribution in [1.82, 2.24) is 0 Å². The summed E-state index contributed by atoms with van der Waals surface area (Å²) in [5, 5.41) is 5.74. The molecule has 0 aromatic rings. The molecule has 10 heavy (non-hydrogen) atoms. The highest BCUT2D eigenvalue weighted by molar-refractivity contribution is 5.82. The molecule has 1 saturated heterocycles. The Balaban J connectivity index is 2.43. The molecule has 0 saturated carbocycles. The molecule has 1 rings (SSSR count). The van der Waals surface area contributed by atoms with E-state index in [-0.39, 0.29) is 12.0 Å². The molecule has 0 spiro atoms. The van der Waals surface area contributed by atoms with Gasteiger partial charge >= 0.3 is 0 Å². The smallest absolute Gasteiger partial charge is 0.158 e. The van der Waals surface area contributed by atoms with Crippen molar-refractivity contribution >= 4 is 5.71 Å². The average Bonchev–Trinajstić information content (AvgIpc) is 1.88. The predicted octanol–water partition coefficient (Wildman–Crippen LogP) is -1.43. The van der Waals surface area contributed by atoms with Crippen molar-refractivity contribution in [2.24, 2.45) is 11.7 Å². The van der Waals surface area contributed by atoms with Crippen molar-refractivity contribution in [3.63, 3.8) is 0 Å². The van der Waals surface area contributed by atoms with Gasteiger partial charge in [0.25, 0.3) is 0 Å². The van der Waals surface area contributed by atoms with Crippen LogP contribution in [-0.4, -0.2) is 25.0 Å². The third-order valence-electron chi connectivity index (χ3n) is 1.91. The second kappa shape index (κ2) is 3.12. The summed E-state index contributed by atoms with van der Waals surface area (Å²) in [6.45, 7) is 3.33. The van der Waals surface area contributed by atoms with Crippen LogP contribution < -0.4 is 11.1 Å². The van der Waals surface area contributed by atoms with E-state index in [9.17, 15) is 0 Å². The minimum absolute atomic E-state index is 0.280. The van der Waals surface area contributed by atoms with E-state index >= 15 is 0 Å². The highest BCUT2D eigenvalue weighted by Gasteiger charge is 2.26. The molecule has 3 nitrogen and oxygen atoms in total. The molecule has 1 aliphatic heterocycles. The van der Waals surface area contributed by atoms with Gasteiger partial charge in [0.2, 0.25) is 0 Å². The van der Waals surface area contributed by atoms with E-state index in [0.717, 1.165) is 12.1 Å². The summed E-state index contributed by atoms with van der Waals surface area (Å²) in [5.74, 6) is 0.288. The fourth-order valence-corrected chi connectivity index (χ4v) is 1.16. The molecular weight excluding hydrogens is 128 g/mol. The summed E-state index contributed by atoms with van der Waals surface area (Å²) >= 11 is 0. The lowest BCUT2D eigenvalue weighted by atomic mass is 9.97. The van der Waals surface area contributed by atoms with Crippen molar-refractivity contribution in [2.75, 3.05) is 13.2 Å². The van der Waals surface area contributed by atoms with Crippen LogP contribution in [0.5, 0.6) is 0 Å². The fraction of sp³-hybridized carbons (Fsp3) is 0.857. The largest absolute Gasteiger partial charge is 0.377 e. The van der Waals surface area contributed by atoms with E-state index in [0.29, 0.717) is 13.2 Å². The van der Waals surface area contributed by atoms with Gasteiger partial charge in [-0.2, -0.15) is 0 Å². The van der Waals surface area contributed by atoms with Gasteiger partial charge in [-0.1, -0.05) is 0 Å². The number of nitrogens with two attached hydrogens (primary N) is 2. The highest BCUT2D eigenvalue weighted by atomic mass is 16.5. The Bertz CT molecular complexity index is 136. The maximum atomic E-state index is 5.74. The van der Waals surface area contributed by atoms with Crippen molar-refractivity contribution in [3.05, 3.63) is 0 Å². The van der Waals surface area contributed by atoms with E-state index < -0.39 is 0 Å². The van der Waals surface area contributed by atoms with E-state index in [4.69, 9.17) is 15.9 Å². The molecule has 4 N–H and O–H groups in total. The zero-order valence-corrected chi connectivity index (χ0v) is 6.34. The average molecular weight is 143 g/mol. The van der Waals surface area contributed by atoms with Gasteiger partial charge in [0, 0.05) is 6.54 Å². The van der Waals surface area contributed by atoms with Gasteiger partial charge in [0.1, 0.15) is 0 Å². The van der Waals surface area contributed by atoms with Crippen molar-refractivity contribution in [2.45, 2.75) is 19.4 Å². The molecule has 0 amide bonds. The summed E-state index contributed by atoms with van der Waals surface area (Å²) in [6.07, 6.45) is 1.14. The predicted molar refractivity (Wildman–Crippen MR) is 39.5 cm³/mol. The van der Waals surface area contributed by atoms with Crippen LogP contribution in [0.3, 0.4) is 0 Å². The van der Waals surface area contributed by atoms with Gasteiger partial charge in [-0.05, 0) is 6.92 Å². The lowest BCUT2D eigenvalue weighted by Gasteiger charge is -2.23. The Morgan fingerprint density at radius 2 is 2.50 bits per heavy atom. The number of hydrogen-bond donors (Lipinski definition) is 2. The van der Waals surface area contributed by atoms with Crippen LogP contribution >= 0.6 is 0 Å². The van der Waals surface area contributed by atoms with Crippen LogP contribution in [0.2, 0.25) is 0 Å². The molecule has 58 valence electrons. The first kappa shape index (κ1) is 7.69. The lowest BCUT2D eigenvalue weighted by Crippen LogP contribution is -2.52. The SMILES string of the molecule is CC1CC(=[NH2+])C(CN)CO1. The monoisotopic (exact) mass is 143 g/mol. The van der Waals surface area contributed by atoms with Crippen LogP contribution in [0.15, 0.2) is 0 Å². The molecule has 1 aliphatic rings. The third-order valence-corrected chi connectivity index (χ3v) is 1.91. The van der Waals surface area contributed by atoms with Crippen LogP contribution in [0.4, 0.5) is 0 Å². The van der Waals surface area contributed by atoms with Gasteiger partial charge in [0.05, 0.1) is 25.0 Å². The minimum Gasteiger partial charge on any atom is -0.377 e. The number of rotatable bonds is 1. The van der Waals surface area contributed by atoms with Crippen molar-refractivity contribution in [1.29, 1.82) is 0 Å². The first-order valence-electron chi connectivity index (χ1n) is 3.67. The van der Waals surface area contributed by atoms with E-state index in [2.05, 4.69) is 0 Å². The summed E-state index contributed by atoms with van der Waals surface area (Å²) < 4.78 is 5.37. The van der Waals surface area contributed by atoms with Gasteiger partial charge in [-0.25, -0.2) is 0 Å². The molecular formula is C7H15N2O+. The maximum Gasteiger partial charge on any atom is 0.158 e. The van der Waals surface area contributed by atoms with Crippen LogP contribution in [0.1, 0.15) is 13.3 Å².